The third-order valence-electron chi connectivity index (χ3n) is 3.45. The molecule has 0 atom stereocenters. The predicted octanol–water partition coefficient (Wildman–Crippen LogP) is 2.18. The topological polar surface area (TPSA) is 12.0 Å². The number of rotatable bonds is 1. The Morgan fingerprint density at radius 1 is 0.727 bits per heavy atom. The molecule has 0 spiro atoms. The molecule has 1 saturated heterocycles. The minimum Gasteiger partial charge on any atom is -0.317 e. The quantitative estimate of drug-likeness (QED) is 0.609. The van der Waals surface area contributed by atoms with Gasteiger partial charge in [0, 0.05) is 0 Å². The number of hydrogen-bond acceptors (Lipinski definition) is 1. The van der Waals surface area contributed by atoms with Crippen LogP contribution in [-0.2, 0) is 0 Å². The lowest BCUT2D eigenvalue weighted by molar-refractivity contribution is 0.263. The molecule has 0 aromatic rings. The molecule has 0 bridgehead atoms. The van der Waals surface area contributed by atoms with E-state index in [1.54, 1.807) is 0 Å². The molecule has 2 aliphatic rings. The van der Waals surface area contributed by atoms with E-state index < -0.39 is 0 Å². The second-order valence-corrected chi connectivity index (χ2v) is 4.13. The fraction of sp³-hybridized carbons (Fsp3) is 1.00. The van der Waals surface area contributed by atoms with E-state index in [2.05, 4.69) is 5.32 Å². The zero-order chi connectivity index (χ0) is 7.52. The van der Waals surface area contributed by atoms with E-state index in [1.807, 2.05) is 0 Å². The number of hydrogen-bond donors (Lipinski definition) is 1. The smallest absolute Gasteiger partial charge is 0.00462 e. The Morgan fingerprint density at radius 2 is 1.27 bits per heavy atom. The standard InChI is InChI=1S/C10H19N/c1-2-4-9(3-1)10-5-7-11-8-6-10/h9-11H,1-8H2. The average molecular weight is 153 g/mol. The number of piperidine rings is 1. The highest BCUT2D eigenvalue weighted by Crippen LogP contribution is 2.35. The zero-order valence-electron chi connectivity index (χ0n) is 7.31. The molecule has 64 valence electrons. The molecular formula is C10H19N. The summed E-state index contributed by atoms with van der Waals surface area (Å²) in [6.07, 6.45) is 8.98. The summed E-state index contributed by atoms with van der Waals surface area (Å²) in [4.78, 5) is 0. The van der Waals surface area contributed by atoms with Gasteiger partial charge in [-0.2, -0.15) is 0 Å². The lowest BCUT2D eigenvalue weighted by Crippen LogP contribution is -2.30. The Hall–Kier alpha value is -0.0400. The van der Waals surface area contributed by atoms with Gasteiger partial charge in [-0.1, -0.05) is 25.7 Å². The first-order valence-corrected chi connectivity index (χ1v) is 5.17. The molecule has 0 radical (unpaired) electrons. The van der Waals surface area contributed by atoms with Gasteiger partial charge < -0.3 is 5.32 Å². The maximum atomic E-state index is 3.44. The molecule has 1 N–H and O–H groups in total. The molecule has 1 heterocycles. The molecule has 1 aliphatic carbocycles. The predicted molar refractivity (Wildman–Crippen MR) is 47.6 cm³/mol. The highest BCUT2D eigenvalue weighted by atomic mass is 14.9. The van der Waals surface area contributed by atoms with Crippen molar-refractivity contribution in [2.45, 2.75) is 38.5 Å². The molecule has 1 aliphatic heterocycles. The molecule has 1 heteroatoms. The van der Waals surface area contributed by atoms with Gasteiger partial charge >= 0.3 is 0 Å². The van der Waals surface area contributed by atoms with Gasteiger partial charge in [0.1, 0.15) is 0 Å². The van der Waals surface area contributed by atoms with Crippen LogP contribution in [0.15, 0.2) is 0 Å². The normalized spacial score (nSPS) is 29.5. The largest absolute Gasteiger partial charge is 0.317 e. The second-order valence-electron chi connectivity index (χ2n) is 4.13. The lowest BCUT2D eigenvalue weighted by Gasteiger charge is -2.27. The molecule has 1 saturated carbocycles. The van der Waals surface area contributed by atoms with Crippen LogP contribution < -0.4 is 5.32 Å². The van der Waals surface area contributed by atoms with Crippen molar-refractivity contribution in [1.82, 2.24) is 5.32 Å². The molecule has 0 unspecified atom stereocenters. The average Bonchev–Trinajstić information content (AvgIpc) is 2.58. The monoisotopic (exact) mass is 153 g/mol. The molecule has 0 amide bonds. The van der Waals surface area contributed by atoms with E-state index in [4.69, 9.17) is 0 Å². The van der Waals surface area contributed by atoms with Gasteiger partial charge in [-0.15, -0.1) is 0 Å². The maximum absolute atomic E-state index is 3.44. The molecule has 0 aromatic heterocycles. The van der Waals surface area contributed by atoms with Crippen molar-refractivity contribution in [3.63, 3.8) is 0 Å². The van der Waals surface area contributed by atoms with E-state index in [0.29, 0.717) is 0 Å². The van der Waals surface area contributed by atoms with Crippen LogP contribution in [0, 0.1) is 11.8 Å². The van der Waals surface area contributed by atoms with Gasteiger partial charge in [0.05, 0.1) is 0 Å². The van der Waals surface area contributed by atoms with Crippen LogP contribution >= 0.6 is 0 Å². The van der Waals surface area contributed by atoms with Crippen molar-refractivity contribution in [1.29, 1.82) is 0 Å². The minimum atomic E-state index is 1.08. The third kappa shape index (κ3) is 1.76. The molecule has 2 fully saturated rings. The fourth-order valence-electron chi connectivity index (χ4n) is 2.74. The minimum absolute atomic E-state index is 1.08. The summed E-state index contributed by atoms with van der Waals surface area (Å²) in [6, 6.07) is 0. The van der Waals surface area contributed by atoms with Gasteiger partial charge in [0.15, 0.2) is 0 Å². The molecule has 0 aromatic carbocycles. The molecule has 11 heavy (non-hydrogen) atoms. The Balaban J connectivity index is 1.82. The third-order valence-corrected chi connectivity index (χ3v) is 3.45. The second kappa shape index (κ2) is 3.57. The Kier molecular flexibility index (Phi) is 2.47. The Labute approximate surface area is 69.6 Å². The van der Waals surface area contributed by atoms with E-state index in [-0.39, 0.29) is 0 Å². The summed E-state index contributed by atoms with van der Waals surface area (Å²) in [7, 11) is 0. The first-order valence-electron chi connectivity index (χ1n) is 5.17. The maximum Gasteiger partial charge on any atom is -0.00462 e. The van der Waals surface area contributed by atoms with Crippen molar-refractivity contribution in [2.75, 3.05) is 13.1 Å². The summed E-state index contributed by atoms with van der Waals surface area (Å²) in [5.74, 6) is 2.19. The summed E-state index contributed by atoms with van der Waals surface area (Å²) in [5.41, 5.74) is 0. The van der Waals surface area contributed by atoms with Gasteiger partial charge in [-0.25, -0.2) is 0 Å². The van der Waals surface area contributed by atoms with Crippen molar-refractivity contribution in [2.24, 2.45) is 11.8 Å². The number of nitrogens with one attached hydrogen (secondary N) is 1. The van der Waals surface area contributed by atoms with Crippen LogP contribution in [0.4, 0.5) is 0 Å². The van der Waals surface area contributed by atoms with Crippen molar-refractivity contribution >= 4 is 0 Å². The van der Waals surface area contributed by atoms with Crippen molar-refractivity contribution < 1.29 is 0 Å². The van der Waals surface area contributed by atoms with Crippen LogP contribution in [0.3, 0.4) is 0 Å². The summed E-state index contributed by atoms with van der Waals surface area (Å²) in [5, 5.41) is 3.44. The highest BCUT2D eigenvalue weighted by molar-refractivity contribution is 4.79. The summed E-state index contributed by atoms with van der Waals surface area (Å²) < 4.78 is 0. The highest BCUT2D eigenvalue weighted by Gasteiger charge is 2.25. The van der Waals surface area contributed by atoms with Gasteiger partial charge in [-0.05, 0) is 37.8 Å². The molecular weight excluding hydrogens is 134 g/mol. The first kappa shape index (κ1) is 7.60. The van der Waals surface area contributed by atoms with E-state index in [1.165, 1.54) is 51.6 Å². The zero-order valence-corrected chi connectivity index (χ0v) is 7.31. The van der Waals surface area contributed by atoms with Crippen LogP contribution in [-0.4, -0.2) is 13.1 Å². The van der Waals surface area contributed by atoms with Crippen LogP contribution in [0.1, 0.15) is 38.5 Å². The van der Waals surface area contributed by atoms with E-state index in [0.717, 1.165) is 11.8 Å². The summed E-state index contributed by atoms with van der Waals surface area (Å²) in [6.45, 7) is 2.56. The van der Waals surface area contributed by atoms with Gasteiger partial charge in [0.2, 0.25) is 0 Å². The van der Waals surface area contributed by atoms with Gasteiger partial charge in [-0.3, -0.25) is 0 Å². The van der Waals surface area contributed by atoms with E-state index >= 15 is 0 Å². The molecule has 2 rings (SSSR count). The Bertz CT molecular complexity index is 110. The summed E-state index contributed by atoms with van der Waals surface area (Å²) >= 11 is 0. The van der Waals surface area contributed by atoms with Crippen molar-refractivity contribution in [3.8, 4) is 0 Å². The van der Waals surface area contributed by atoms with Gasteiger partial charge in [0.25, 0.3) is 0 Å². The van der Waals surface area contributed by atoms with E-state index in [9.17, 15) is 0 Å². The van der Waals surface area contributed by atoms with Crippen LogP contribution in [0.5, 0.6) is 0 Å². The SMILES string of the molecule is C1CCC(C2CCNCC2)C1. The van der Waals surface area contributed by atoms with Crippen LogP contribution in [0.2, 0.25) is 0 Å². The van der Waals surface area contributed by atoms with Crippen LogP contribution in [0.25, 0.3) is 0 Å². The van der Waals surface area contributed by atoms with Crippen molar-refractivity contribution in [3.05, 3.63) is 0 Å². The first-order chi connectivity index (χ1) is 5.47. The fourth-order valence-corrected chi connectivity index (χ4v) is 2.74. The molecule has 1 nitrogen and oxygen atoms in total. The lowest BCUT2D eigenvalue weighted by atomic mass is 9.84. The Morgan fingerprint density at radius 3 is 1.91 bits per heavy atom.